The maximum atomic E-state index is 2.50. The lowest BCUT2D eigenvalue weighted by atomic mass is 9.97. The molecule has 0 N–H and O–H groups in total. The second-order valence-corrected chi connectivity index (χ2v) is 6.34. The highest BCUT2D eigenvalue weighted by molar-refractivity contribution is 5.43. The molecule has 1 saturated heterocycles. The lowest BCUT2D eigenvalue weighted by Gasteiger charge is -2.28. The van der Waals surface area contributed by atoms with Gasteiger partial charge in [0.05, 0.1) is 0 Å². The Hall–Kier alpha value is -0.760. The minimum atomic E-state index is 0. The summed E-state index contributed by atoms with van der Waals surface area (Å²) >= 11 is 0. The van der Waals surface area contributed by atoms with Crippen LogP contribution >= 0.6 is 0 Å². The molecule has 0 aliphatic carbocycles. The van der Waals surface area contributed by atoms with Gasteiger partial charge in [-0.1, -0.05) is 20.8 Å². The monoisotopic (exact) mass is 268 g/mol. The number of halogens is 1. The molecule has 0 atom stereocenters. The van der Waals surface area contributed by atoms with Gasteiger partial charge >= 0.3 is 0 Å². The number of hydrogen-bond donors (Lipinski definition) is 0. The molecule has 2 heterocycles. The van der Waals surface area contributed by atoms with Crippen LogP contribution in [0.1, 0.15) is 40.0 Å². The van der Waals surface area contributed by atoms with E-state index in [0.717, 1.165) is 6.54 Å². The predicted octanol–water partition coefficient (Wildman–Crippen LogP) is 0.0145. The summed E-state index contributed by atoms with van der Waals surface area (Å²) in [5.74, 6) is 0. The average molecular weight is 269 g/mol. The SMILES string of the molecule is CC(C)(C)C[n+]1ccc(N2CCCCC2)cc1.[Cl-]. The van der Waals surface area contributed by atoms with E-state index in [2.05, 4.69) is 54.8 Å². The van der Waals surface area contributed by atoms with Crippen LogP contribution in [0.25, 0.3) is 0 Å². The van der Waals surface area contributed by atoms with Gasteiger partial charge in [-0.15, -0.1) is 0 Å². The van der Waals surface area contributed by atoms with Crippen LogP contribution in [0.15, 0.2) is 24.5 Å². The summed E-state index contributed by atoms with van der Waals surface area (Å²) in [7, 11) is 0. The van der Waals surface area contributed by atoms with E-state index in [1.165, 1.54) is 38.0 Å². The maximum Gasteiger partial charge on any atom is 0.170 e. The van der Waals surface area contributed by atoms with Gasteiger partial charge in [0.2, 0.25) is 0 Å². The largest absolute Gasteiger partial charge is 1.00 e. The van der Waals surface area contributed by atoms with Crippen LogP contribution in [0.5, 0.6) is 0 Å². The molecule has 1 aromatic rings. The van der Waals surface area contributed by atoms with Crippen LogP contribution in [0, 0.1) is 5.41 Å². The lowest BCUT2D eigenvalue weighted by molar-refractivity contribution is -0.708. The molecule has 3 heteroatoms. The topological polar surface area (TPSA) is 7.12 Å². The Morgan fingerprint density at radius 1 is 1.06 bits per heavy atom. The fourth-order valence-corrected chi connectivity index (χ4v) is 2.47. The van der Waals surface area contributed by atoms with Gasteiger partial charge in [-0.2, -0.15) is 0 Å². The quantitative estimate of drug-likeness (QED) is 0.686. The second-order valence-electron chi connectivity index (χ2n) is 6.34. The van der Waals surface area contributed by atoms with Gasteiger partial charge < -0.3 is 17.3 Å². The molecule has 0 unspecified atom stereocenters. The van der Waals surface area contributed by atoms with Crippen molar-refractivity contribution >= 4 is 5.69 Å². The van der Waals surface area contributed by atoms with Crippen molar-refractivity contribution in [2.75, 3.05) is 18.0 Å². The Bertz CT molecular complexity index is 348. The van der Waals surface area contributed by atoms with Crippen molar-refractivity contribution in [3.63, 3.8) is 0 Å². The van der Waals surface area contributed by atoms with Gasteiger partial charge in [0.1, 0.15) is 0 Å². The first-order valence-electron chi connectivity index (χ1n) is 6.79. The number of rotatable bonds is 2. The Labute approximate surface area is 117 Å². The maximum absolute atomic E-state index is 2.50. The van der Waals surface area contributed by atoms with E-state index in [1.54, 1.807) is 0 Å². The number of piperidine rings is 1. The summed E-state index contributed by atoms with van der Waals surface area (Å²) in [6, 6.07) is 4.52. The molecule has 0 saturated carbocycles. The van der Waals surface area contributed by atoms with E-state index < -0.39 is 0 Å². The molecule has 0 aromatic carbocycles. The van der Waals surface area contributed by atoms with Crippen LogP contribution in [0.4, 0.5) is 5.69 Å². The summed E-state index contributed by atoms with van der Waals surface area (Å²) in [4.78, 5) is 2.50. The zero-order valence-electron chi connectivity index (χ0n) is 11.8. The molecule has 2 nitrogen and oxygen atoms in total. The van der Waals surface area contributed by atoms with E-state index >= 15 is 0 Å². The molecular weight excluding hydrogens is 244 g/mol. The van der Waals surface area contributed by atoms with Crippen molar-refractivity contribution in [1.82, 2.24) is 0 Å². The smallest absolute Gasteiger partial charge is 0.170 e. The van der Waals surface area contributed by atoms with E-state index in [9.17, 15) is 0 Å². The molecule has 1 fully saturated rings. The zero-order chi connectivity index (χ0) is 12.3. The third-order valence-corrected chi connectivity index (χ3v) is 3.25. The van der Waals surface area contributed by atoms with Gasteiger partial charge in [0, 0.05) is 36.3 Å². The van der Waals surface area contributed by atoms with Crippen molar-refractivity contribution in [1.29, 1.82) is 0 Å². The van der Waals surface area contributed by atoms with E-state index in [4.69, 9.17) is 0 Å². The van der Waals surface area contributed by atoms with Crippen molar-refractivity contribution in [2.24, 2.45) is 5.41 Å². The van der Waals surface area contributed by atoms with E-state index in [1.807, 2.05) is 0 Å². The highest BCUT2D eigenvalue weighted by atomic mass is 35.5. The first-order valence-corrected chi connectivity index (χ1v) is 6.79. The third-order valence-electron chi connectivity index (χ3n) is 3.25. The predicted molar refractivity (Wildman–Crippen MR) is 72.2 cm³/mol. The Kier molecular flexibility index (Phi) is 5.46. The average Bonchev–Trinajstić information content (AvgIpc) is 2.29. The van der Waals surface area contributed by atoms with Gasteiger partial charge in [-0.05, 0) is 19.3 Å². The van der Waals surface area contributed by atoms with E-state index in [0.29, 0.717) is 5.41 Å². The highest BCUT2D eigenvalue weighted by Gasteiger charge is 2.17. The van der Waals surface area contributed by atoms with Crippen molar-refractivity contribution in [2.45, 2.75) is 46.6 Å². The minimum Gasteiger partial charge on any atom is -1.00 e. The normalized spacial score (nSPS) is 16.3. The molecule has 0 radical (unpaired) electrons. The molecule has 0 bridgehead atoms. The fraction of sp³-hybridized carbons (Fsp3) is 0.667. The first-order chi connectivity index (χ1) is 8.04. The summed E-state index contributed by atoms with van der Waals surface area (Å²) in [6.45, 7) is 10.4. The first kappa shape index (κ1) is 15.3. The van der Waals surface area contributed by atoms with E-state index in [-0.39, 0.29) is 12.4 Å². The van der Waals surface area contributed by atoms with Gasteiger partial charge in [-0.3, -0.25) is 0 Å². The Balaban J connectivity index is 0.00000162. The van der Waals surface area contributed by atoms with Crippen LogP contribution < -0.4 is 21.9 Å². The minimum absolute atomic E-state index is 0. The van der Waals surface area contributed by atoms with Gasteiger partial charge in [0.15, 0.2) is 18.9 Å². The fourth-order valence-electron chi connectivity index (χ4n) is 2.47. The zero-order valence-corrected chi connectivity index (χ0v) is 12.6. The molecule has 2 rings (SSSR count). The van der Waals surface area contributed by atoms with Crippen LogP contribution in [-0.2, 0) is 6.54 Å². The number of hydrogen-bond acceptors (Lipinski definition) is 1. The van der Waals surface area contributed by atoms with Gasteiger partial charge in [0.25, 0.3) is 0 Å². The Morgan fingerprint density at radius 3 is 2.11 bits per heavy atom. The second kappa shape index (κ2) is 6.42. The lowest BCUT2D eigenvalue weighted by Crippen LogP contribution is -3.00. The number of anilines is 1. The highest BCUT2D eigenvalue weighted by Crippen LogP contribution is 2.18. The number of pyridine rings is 1. The molecule has 1 aliphatic heterocycles. The molecule has 0 spiro atoms. The summed E-state index contributed by atoms with van der Waals surface area (Å²) < 4.78 is 2.29. The molecule has 1 aromatic heterocycles. The van der Waals surface area contributed by atoms with Gasteiger partial charge in [-0.25, -0.2) is 4.57 Å². The Morgan fingerprint density at radius 2 is 1.61 bits per heavy atom. The van der Waals surface area contributed by atoms with Crippen molar-refractivity contribution < 1.29 is 17.0 Å². The molecule has 0 amide bonds. The van der Waals surface area contributed by atoms with Crippen LogP contribution in [0.3, 0.4) is 0 Å². The number of aromatic nitrogens is 1. The van der Waals surface area contributed by atoms with Crippen LogP contribution in [-0.4, -0.2) is 13.1 Å². The van der Waals surface area contributed by atoms with Crippen molar-refractivity contribution in [3.05, 3.63) is 24.5 Å². The molecule has 102 valence electrons. The third kappa shape index (κ3) is 4.49. The standard InChI is InChI=1S/C15H25N2.ClH/c1-15(2,3)13-16-11-7-14(8-12-16)17-9-5-4-6-10-17;/h7-8,11-12H,4-6,9-10,13H2,1-3H3;1H/q+1;/p-1. The number of nitrogens with zero attached hydrogens (tertiary/aromatic N) is 2. The molecule has 18 heavy (non-hydrogen) atoms. The molecular formula is C15H25ClN2. The molecule has 1 aliphatic rings. The van der Waals surface area contributed by atoms with Crippen LogP contribution in [0.2, 0.25) is 0 Å². The van der Waals surface area contributed by atoms with Crippen molar-refractivity contribution in [3.8, 4) is 0 Å². The summed E-state index contributed by atoms with van der Waals surface area (Å²) in [5, 5.41) is 0. The summed E-state index contributed by atoms with van der Waals surface area (Å²) in [5.41, 5.74) is 1.73. The summed E-state index contributed by atoms with van der Waals surface area (Å²) in [6.07, 6.45) is 8.52.